The fraction of sp³-hybridized carbons (Fsp3) is 0.429. The Morgan fingerprint density at radius 3 is 2.16 bits per heavy atom. The molecule has 0 amide bonds. The molecular formula is C21H26O4. The van der Waals surface area contributed by atoms with Crippen molar-refractivity contribution in [2.45, 2.75) is 45.1 Å². The normalized spacial score (nSPS) is 22.6. The summed E-state index contributed by atoms with van der Waals surface area (Å²) in [6, 6.07) is 20.3. The van der Waals surface area contributed by atoms with Crippen molar-refractivity contribution in [1.29, 1.82) is 0 Å². The van der Waals surface area contributed by atoms with Crippen LogP contribution in [0.4, 0.5) is 0 Å². The predicted molar refractivity (Wildman–Crippen MR) is 96.0 cm³/mol. The average Bonchev–Trinajstić information content (AvgIpc) is 2.62. The van der Waals surface area contributed by atoms with Crippen LogP contribution in [-0.4, -0.2) is 31.2 Å². The van der Waals surface area contributed by atoms with E-state index < -0.39 is 5.79 Å². The lowest BCUT2D eigenvalue weighted by Gasteiger charge is -2.40. The minimum Gasteiger partial charge on any atom is -0.374 e. The maximum Gasteiger partial charge on any atom is 0.163 e. The smallest absolute Gasteiger partial charge is 0.163 e. The van der Waals surface area contributed by atoms with Crippen LogP contribution >= 0.6 is 0 Å². The lowest BCUT2D eigenvalue weighted by atomic mass is 10.1. The summed E-state index contributed by atoms with van der Waals surface area (Å²) in [6.07, 6.45) is -0.305. The van der Waals surface area contributed by atoms with Gasteiger partial charge in [0.1, 0.15) is 12.2 Å². The van der Waals surface area contributed by atoms with E-state index in [1.807, 2.05) is 50.2 Å². The molecule has 1 saturated heterocycles. The van der Waals surface area contributed by atoms with E-state index in [1.54, 1.807) is 0 Å². The van der Waals surface area contributed by atoms with Gasteiger partial charge in [-0.05, 0) is 25.0 Å². The molecule has 3 rings (SSSR count). The van der Waals surface area contributed by atoms with Crippen molar-refractivity contribution in [3.05, 3.63) is 71.8 Å². The van der Waals surface area contributed by atoms with Crippen molar-refractivity contribution in [3.63, 3.8) is 0 Å². The van der Waals surface area contributed by atoms with Gasteiger partial charge in [0.2, 0.25) is 0 Å². The molecule has 1 aliphatic rings. The molecule has 2 atom stereocenters. The zero-order valence-electron chi connectivity index (χ0n) is 14.9. The summed E-state index contributed by atoms with van der Waals surface area (Å²) in [5.74, 6) is -0.618. The van der Waals surface area contributed by atoms with E-state index in [0.717, 1.165) is 11.1 Å². The molecule has 0 spiro atoms. The maximum absolute atomic E-state index is 6.05. The molecule has 1 aliphatic heterocycles. The van der Waals surface area contributed by atoms with E-state index in [4.69, 9.17) is 18.9 Å². The van der Waals surface area contributed by atoms with Crippen molar-refractivity contribution in [1.82, 2.24) is 0 Å². The van der Waals surface area contributed by atoms with Crippen molar-refractivity contribution in [3.8, 4) is 0 Å². The van der Waals surface area contributed by atoms with E-state index in [9.17, 15) is 0 Å². The van der Waals surface area contributed by atoms with Gasteiger partial charge in [0.25, 0.3) is 0 Å². The summed E-state index contributed by atoms with van der Waals surface area (Å²) in [6.45, 7) is 5.91. The van der Waals surface area contributed by atoms with Gasteiger partial charge >= 0.3 is 0 Å². The van der Waals surface area contributed by atoms with Gasteiger partial charge in [-0.3, -0.25) is 0 Å². The molecule has 0 N–H and O–H groups in total. The first-order chi connectivity index (χ1) is 12.1. The zero-order valence-corrected chi connectivity index (χ0v) is 14.9. The highest BCUT2D eigenvalue weighted by molar-refractivity contribution is 5.14. The van der Waals surface area contributed by atoms with Crippen LogP contribution in [0.2, 0.25) is 0 Å². The van der Waals surface area contributed by atoms with Crippen LogP contribution in [0.25, 0.3) is 0 Å². The lowest BCUT2D eigenvalue weighted by molar-refractivity contribution is -0.318. The monoisotopic (exact) mass is 342 g/mol. The van der Waals surface area contributed by atoms with Crippen LogP contribution in [0.3, 0.4) is 0 Å². The molecule has 1 fully saturated rings. The Labute approximate surface area is 149 Å². The number of hydrogen-bond donors (Lipinski definition) is 0. The van der Waals surface area contributed by atoms with Crippen LogP contribution in [0.5, 0.6) is 0 Å². The molecule has 0 saturated carbocycles. The summed E-state index contributed by atoms with van der Waals surface area (Å²) < 4.78 is 23.7. The van der Waals surface area contributed by atoms with Crippen molar-refractivity contribution in [2.24, 2.45) is 0 Å². The van der Waals surface area contributed by atoms with Crippen LogP contribution in [0.1, 0.15) is 25.0 Å². The standard InChI is InChI=1S/C21H26O4/c1-21(2)24-16-19(23-14-18-11-7-4-8-12-18)20(25-21)15-22-13-17-9-5-3-6-10-17/h3-12,19-20H,13-16H2,1-2H3/t19-,20+/m1/s1. The van der Waals surface area contributed by atoms with Crippen molar-refractivity contribution >= 4 is 0 Å². The fourth-order valence-corrected chi connectivity index (χ4v) is 2.81. The fourth-order valence-electron chi connectivity index (χ4n) is 2.81. The van der Waals surface area contributed by atoms with Gasteiger partial charge < -0.3 is 18.9 Å². The Hall–Kier alpha value is -1.72. The quantitative estimate of drug-likeness (QED) is 0.764. The molecule has 4 heteroatoms. The third-order valence-electron chi connectivity index (χ3n) is 4.15. The highest BCUT2D eigenvalue weighted by Crippen LogP contribution is 2.25. The minimum atomic E-state index is -0.618. The first kappa shape index (κ1) is 18.1. The average molecular weight is 342 g/mol. The molecule has 0 aliphatic carbocycles. The Morgan fingerprint density at radius 2 is 1.52 bits per heavy atom. The molecule has 2 aromatic rings. The van der Waals surface area contributed by atoms with Crippen molar-refractivity contribution < 1.29 is 18.9 Å². The van der Waals surface area contributed by atoms with Crippen molar-refractivity contribution in [2.75, 3.05) is 13.2 Å². The zero-order chi connectivity index (χ0) is 17.5. The Bertz CT molecular complexity index is 627. The first-order valence-electron chi connectivity index (χ1n) is 8.71. The SMILES string of the molecule is CC1(C)OC[C@@H](OCc2ccccc2)[C@H](COCc2ccccc2)O1. The molecule has 1 heterocycles. The summed E-state index contributed by atoms with van der Waals surface area (Å²) in [4.78, 5) is 0. The number of hydrogen-bond acceptors (Lipinski definition) is 4. The van der Waals surface area contributed by atoms with E-state index in [1.165, 1.54) is 0 Å². The van der Waals surface area contributed by atoms with E-state index in [0.29, 0.717) is 26.4 Å². The second kappa shape index (κ2) is 8.59. The molecule has 0 radical (unpaired) electrons. The second-order valence-corrected chi connectivity index (χ2v) is 6.70. The second-order valence-electron chi connectivity index (χ2n) is 6.70. The topological polar surface area (TPSA) is 36.9 Å². The van der Waals surface area contributed by atoms with Gasteiger partial charge in [-0.1, -0.05) is 60.7 Å². The third kappa shape index (κ3) is 5.65. The molecule has 2 aromatic carbocycles. The summed E-state index contributed by atoms with van der Waals surface area (Å²) in [5, 5.41) is 0. The molecule has 134 valence electrons. The van der Waals surface area contributed by atoms with Gasteiger partial charge in [0, 0.05) is 0 Å². The molecular weight excluding hydrogens is 316 g/mol. The summed E-state index contributed by atoms with van der Waals surface area (Å²) in [7, 11) is 0. The highest BCUT2D eigenvalue weighted by Gasteiger charge is 2.37. The highest BCUT2D eigenvalue weighted by atomic mass is 16.7. The molecule has 25 heavy (non-hydrogen) atoms. The summed E-state index contributed by atoms with van der Waals surface area (Å²) >= 11 is 0. The van der Waals surface area contributed by atoms with E-state index in [2.05, 4.69) is 24.3 Å². The third-order valence-corrected chi connectivity index (χ3v) is 4.15. The van der Waals surface area contributed by atoms with Crippen LogP contribution < -0.4 is 0 Å². The maximum atomic E-state index is 6.05. The first-order valence-corrected chi connectivity index (χ1v) is 8.71. The predicted octanol–water partition coefficient (Wildman–Crippen LogP) is 3.94. The number of benzene rings is 2. The molecule has 0 bridgehead atoms. The van der Waals surface area contributed by atoms with Crippen LogP contribution in [-0.2, 0) is 32.2 Å². The molecule has 4 nitrogen and oxygen atoms in total. The lowest BCUT2D eigenvalue weighted by Crippen LogP contribution is -2.51. The number of rotatable bonds is 7. The van der Waals surface area contributed by atoms with E-state index in [-0.39, 0.29) is 12.2 Å². The molecule has 0 aromatic heterocycles. The van der Waals surface area contributed by atoms with E-state index >= 15 is 0 Å². The van der Waals surface area contributed by atoms with Crippen LogP contribution in [0, 0.1) is 0 Å². The Balaban J connectivity index is 1.54. The Kier molecular flexibility index (Phi) is 6.21. The van der Waals surface area contributed by atoms with Gasteiger partial charge in [-0.2, -0.15) is 0 Å². The number of ether oxygens (including phenoxy) is 4. The minimum absolute atomic E-state index is 0.149. The molecule has 0 unspecified atom stereocenters. The van der Waals surface area contributed by atoms with Gasteiger partial charge in [-0.25, -0.2) is 0 Å². The largest absolute Gasteiger partial charge is 0.374 e. The van der Waals surface area contributed by atoms with Gasteiger partial charge in [-0.15, -0.1) is 0 Å². The Morgan fingerprint density at radius 1 is 0.920 bits per heavy atom. The van der Waals surface area contributed by atoms with Gasteiger partial charge in [0.15, 0.2) is 5.79 Å². The van der Waals surface area contributed by atoms with Crippen LogP contribution in [0.15, 0.2) is 60.7 Å². The van der Waals surface area contributed by atoms with Gasteiger partial charge in [0.05, 0.1) is 26.4 Å². The summed E-state index contributed by atoms with van der Waals surface area (Å²) in [5.41, 5.74) is 2.28.